The van der Waals surface area contributed by atoms with Crippen LogP contribution in [0.5, 0.6) is 0 Å². The summed E-state index contributed by atoms with van der Waals surface area (Å²) in [6, 6.07) is 64.8. The van der Waals surface area contributed by atoms with Crippen LogP contribution in [-0.4, -0.2) is 7.05 Å². The predicted octanol–water partition coefficient (Wildman–Crippen LogP) is 12.7. The molecule has 7 rings (SSSR count). The van der Waals surface area contributed by atoms with Crippen molar-refractivity contribution in [3.05, 3.63) is 193 Å². The van der Waals surface area contributed by atoms with Crippen LogP contribution in [0.3, 0.4) is 0 Å². The molecule has 0 aliphatic heterocycles. The summed E-state index contributed by atoms with van der Waals surface area (Å²) in [5, 5.41) is 0. The van der Waals surface area contributed by atoms with E-state index in [1.807, 2.05) is 0 Å². The average Bonchev–Trinajstić information content (AvgIpc) is 3.13. The van der Waals surface area contributed by atoms with Crippen molar-refractivity contribution in [2.75, 3.05) is 21.7 Å². The molecule has 7 aromatic rings. The predicted molar refractivity (Wildman–Crippen MR) is 205 cm³/mol. The Hall–Kier alpha value is -6.06. The molecule has 0 saturated carbocycles. The fourth-order valence-corrected chi connectivity index (χ4v) is 6.24. The average molecular weight is 622 g/mol. The van der Waals surface area contributed by atoms with Crippen molar-refractivity contribution in [1.29, 1.82) is 0 Å². The molecule has 0 heterocycles. The maximum absolute atomic E-state index is 2.31. The van der Waals surface area contributed by atoms with Gasteiger partial charge >= 0.3 is 0 Å². The third-order valence-corrected chi connectivity index (χ3v) is 8.76. The summed E-state index contributed by atoms with van der Waals surface area (Å²) >= 11 is 0. The van der Waals surface area contributed by atoms with Crippen molar-refractivity contribution in [2.45, 2.75) is 13.8 Å². The van der Waals surface area contributed by atoms with E-state index in [0.29, 0.717) is 0 Å². The number of hydrogen-bond acceptors (Lipinski definition) is 3. The number of benzene rings is 7. The fraction of sp³-hybridized carbons (Fsp3) is 0.0667. The summed E-state index contributed by atoms with van der Waals surface area (Å²) in [6.45, 7) is 4.27. The molecule has 48 heavy (non-hydrogen) atoms. The molecule has 3 nitrogen and oxygen atoms in total. The normalized spacial score (nSPS) is 10.8. The lowest BCUT2D eigenvalue weighted by Crippen LogP contribution is -2.12. The summed E-state index contributed by atoms with van der Waals surface area (Å²) in [7, 11) is 2.12. The Morgan fingerprint density at radius 3 is 1.00 bits per heavy atom. The van der Waals surface area contributed by atoms with E-state index < -0.39 is 0 Å². The van der Waals surface area contributed by atoms with Gasteiger partial charge in [0, 0.05) is 52.5 Å². The lowest BCUT2D eigenvalue weighted by Gasteiger charge is -2.27. The Labute approximate surface area is 284 Å². The van der Waals surface area contributed by atoms with Crippen LogP contribution in [0.1, 0.15) is 11.1 Å². The zero-order valence-corrected chi connectivity index (χ0v) is 27.7. The van der Waals surface area contributed by atoms with E-state index in [9.17, 15) is 0 Å². The van der Waals surface area contributed by atoms with Crippen molar-refractivity contribution < 1.29 is 0 Å². The second-order valence-corrected chi connectivity index (χ2v) is 12.2. The van der Waals surface area contributed by atoms with Gasteiger partial charge in [-0.3, -0.25) is 0 Å². The number of aryl methyl sites for hydroxylation is 2. The van der Waals surface area contributed by atoms with Gasteiger partial charge in [-0.25, -0.2) is 0 Å². The Bertz CT molecular complexity index is 2090. The largest absolute Gasteiger partial charge is 0.345 e. The van der Waals surface area contributed by atoms with Gasteiger partial charge in [-0.05, 0) is 133 Å². The lowest BCUT2D eigenvalue weighted by molar-refractivity contribution is 1.20. The van der Waals surface area contributed by atoms with Crippen LogP contribution in [-0.2, 0) is 0 Å². The van der Waals surface area contributed by atoms with Gasteiger partial charge in [0.25, 0.3) is 0 Å². The van der Waals surface area contributed by atoms with E-state index in [1.54, 1.807) is 0 Å². The Morgan fingerprint density at radius 2 is 0.604 bits per heavy atom. The van der Waals surface area contributed by atoms with E-state index in [1.165, 1.54) is 22.3 Å². The number of para-hydroxylation sites is 2. The molecule has 7 aromatic carbocycles. The van der Waals surface area contributed by atoms with Gasteiger partial charge in [-0.2, -0.15) is 0 Å². The molecule has 0 aliphatic rings. The van der Waals surface area contributed by atoms with Gasteiger partial charge in [-0.1, -0.05) is 84.9 Å². The van der Waals surface area contributed by atoms with Gasteiger partial charge in [0.1, 0.15) is 0 Å². The molecule has 0 atom stereocenters. The van der Waals surface area contributed by atoms with Crippen LogP contribution >= 0.6 is 0 Å². The third kappa shape index (κ3) is 6.58. The minimum absolute atomic E-state index is 1.12. The van der Waals surface area contributed by atoms with Crippen LogP contribution in [0, 0.1) is 13.8 Å². The first-order valence-electron chi connectivity index (χ1n) is 16.4. The minimum atomic E-state index is 1.12. The highest BCUT2D eigenvalue weighted by Gasteiger charge is 2.15. The molecule has 0 fully saturated rings. The van der Waals surface area contributed by atoms with Crippen molar-refractivity contribution >= 4 is 45.5 Å². The number of nitrogens with zero attached hydrogens (tertiary/aromatic N) is 3. The summed E-state index contributed by atoms with van der Waals surface area (Å²) in [4.78, 5) is 6.84. The van der Waals surface area contributed by atoms with Gasteiger partial charge < -0.3 is 14.7 Å². The topological polar surface area (TPSA) is 9.72 Å². The number of anilines is 8. The quantitative estimate of drug-likeness (QED) is 0.159. The first-order chi connectivity index (χ1) is 23.5. The van der Waals surface area contributed by atoms with Crippen LogP contribution in [0.15, 0.2) is 182 Å². The summed E-state index contributed by atoms with van der Waals surface area (Å²) in [6.07, 6.45) is 0. The Kier molecular flexibility index (Phi) is 8.76. The molecule has 0 unspecified atom stereocenters. The zero-order valence-electron chi connectivity index (χ0n) is 27.7. The first-order valence-corrected chi connectivity index (χ1v) is 16.4. The molecule has 3 heteroatoms. The van der Waals surface area contributed by atoms with Crippen LogP contribution in [0.2, 0.25) is 0 Å². The van der Waals surface area contributed by atoms with E-state index in [0.717, 1.165) is 45.5 Å². The maximum Gasteiger partial charge on any atom is 0.0464 e. The lowest BCUT2D eigenvalue weighted by atomic mass is 10.0. The fourth-order valence-electron chi connectivity index (χ4n) is 6.24. The SMILES string of the molecule is Cc1cccc(N(c2ccccc2)c2ccc(-c3ccc(N(C)c4ccc(N(c5ccccc5)c5cccc(C)c5)cc4)cc3)cc2)c1. The van der Waals surface area contributed by atoms with Gasteiger partial charge in [0.2, 0.25) is 0 Å². The monoisotopic (exact) mass is 621 g/mol. The molecular weight excluding hydrogens is 583 g/mol. The minimum Gasteiger partial charge on any atom is -0.345 e. The number of rotatable bonds is 9. The van der Waals surface area contributed by atoms with Gasteiger partial charge in [0.05, 0.1) is 0 Å². The van der Waals surface area contributed by atoms with Crippen molar-refractivity contribution in [3.63, 3.8) is 0 Å². The zero-order chi connectivity index (χ0) is 32.9. The number of hydrogen-bond donors (Lipinski definition) is 0. The summed E-state index contributed by atoms with van der Waals surface area (Å²) in [5.41, 5.74) is 13.9. The summed E-state index contributed by atoms with van der Waals surface area (Å²) in [5.74, 6) is 0. The highest BCUT2D eigenvalue weighted by atomic mass is 15.2. The molecule has 0 aromatic heterocycles. The first kappa shape index (κ1) is 30.6. The van der Waals surface area contributed by atoms with Crippen LogP contribution in [0.25, 0.3) is 11.1 Å². The maximum atomic E-state index is 2.31. The molecule has 0 spiro atoms. The van der Waals surface area contributed by atoms with Crippen LogP contribution < -0.4 is 14.7 Å². The molecule has 0 N–H and O–H groups in total. The molecule has 0 radical (unpaired) electrons. The standard InChI is InChI=1S/C45H39N3/c1-34-12-10-18-44(32-34)47(40-14-6-4-7-15-40)42-26-22-37(23-27-42)36-20-24-38(25-21-36)46(3)39-28-30-43(31-29-39)48(41-16-8-5-9-17-41)45-19-11-13-35(2)33-45/h4-33H,1-3H3. The highest BCUT2D eigenvalue weighted by molar-refractivity contribution is 5.80. The molecular formula is C45H39N3. The Morgan fingerprint density at radius 1 is 0.292 bits per heavy atom. The molecule has 0 saturated heterocycles. The van der Waals surface area contributed by atoms with E-state index >= 15 is 0 Å². The third-order valence-electron chi connectivity index (χ3n) is 8.76. The van der Waals surface area contributed by atoms with Crippen molar-refractivity contribution in [1.82, 2.24) is 0 Å². The molecule has 234 valence electrons. The second-order valence-electron chi connectivity index (χ2n) is 12.2. The second kappa shape index (κ2) is 13.7. The van der Waals surface area contributed by atoms with Crippen molar-refractivity contribution in [3.8, 4) is 11.1 Å². The van der Waals surface area contributed by atoms with E-state index in [-0.39, 0.29) is 0 Å². The van der Waals surface area contributed by atoms with E-state index in [4.69, 9.17) is 0 Å². The van der Waals surface area contributed by atoms with Gasteiger partial charge in [-0.15, -0.1) is 0 Å². The highest BCUT2D eigenvalue weighted by Crippen LogP contribution is 2.38. The Balaban J connectivity index is 1.10. The van der Waals surface area contributed by atoms with Crippen molar-refractivity contribution in [2.24, 2.45) is 0 Å². The van der Waals surface area contributed by atoms with E-state index in [2.05, 4.69) is 218 Å². The summed E-state index contributed by atoms with van der Waals surface area (Å²) < 4.78 is 0. The smallest absolute Gasteiger partial charge is 0.0464 e. The van der Waals surface area contributed by atoms with Crippen LogP contribution in [0.4, 0.5) is 45.5 Å². The van der Waals surface area contributed by atoms with Gasteiger partial charge in [0.15, 0.2) is 0 Å². The molecule has 0 aliphatic carbocycles. The molecule has 0 bridgehead atoms. The molecule has 0 amide bonds.